The van der Waals surface area contributed by atoms with E-state index in [1.807, 2.05) is 25.9 Å². The topological polar surface area (TPSA) is 99.7 Å². The van der Waals surface area contributed by atoms with E-state index in [9.17, 15) is 14.9 Å². The molecule has 6 fully saturated rings. The molecule has 7 heteroatoms. The van der Waals surface area contributed by atoms with Crippen molar-refractivity contribution in [3.63, 3.8) is 0 Å². The second-order valence-corrected chi connectivity index (χ2v) is 11.2. The van der Waals surface area contributed by atoms with E-state index >= 15 is 0 Å². The molecule has 164 valence electrons. The van der Waals surface area contributed by atoms with Crippen molar-refractivity contribution in [3.05, 3.63) is 0 Å². The molecule has 0 aromatic carbocycles. The number of esters is 1. The van der Waals surface area contributed by atoms with E-state index in [0.717, 1.165) is 44.9 Å². The molecule has 5 saturated carbocycles. The summed E-state index contributed by atoms with van der Waals surface area (Å²) in [6.45, 7) is 1.87. The Morgan fingerprint density at radius 3 is 2.43 bits per heavy atom. The van der Waals surface area contributed by atoms with Gasteiger partial charge in [0.2, 0.25) is 5.91 Å². The van der Waals surface area contributed by atoms with Crippen molar-refractivity contribution in [3.8, 4) is 6.07 Å². The fourth-order valence-corrected chi connectivity index (χ4v) is 7.55. The molecule has 0 aromatic rings. The lowest BCUT2D eigenvalue weighted by Gasteiger charge is -2.62. The monoisotopic (exact) mass is 414 g/mol. The lowest BCUT2D eigenvalue weighted by atomic mass is 9.46. The maximum Gasteiger partial charge on any atom is 0.323 e. The summed E-state index contributed by atoms with van der Waals surface area (Å²) < 4.78 is 6.21. The predicted molar refractivity (Wildman–Crippen MR) is 110 cm³/mol. The van der Waals surface area contributed by atoms with E-state index in [2.05, 4.69) is 6.07 Å². The number of nitriles is 1. The molecule has 30 heavy (non-hydrogen) atoms. The standard InChI is InChI=1S/C23H34N4O3/c1-13(26(2)3)21(29)30-23-9-14-4-15(10-23)8-22(7-14,12-23)19(25)20(28)27-17(11-24)5-16-6-18(16)27/h13-19H,4-10,12,25H2,1-3H3/t13-,14?,15?,16+,17-,18-,19+,22?,23?/m0/s1. The molecule has 0 radical (unpaired) electrons. The Balaban J connectivity index is 1.38. The lowest BCUT2D eigenvalue weighted by molar-refractivity contribution is -0.208. The predicted octanol–water partition coefficient (Wildman–Crippen LogP) is 1.66. The van der Waals surface area contributed by atoms with Crippen LogP contribution in [0.1, 0.15) is 58.3 Å². The van der Waals surface area contributed by atoms with E-state index in [-0.39, 0.29) is 35.4 Å². The number of ether oxygens (including phenoxy) is 1. The first kappa shape index (κ1) is 20.3. The van der Waals surface area contributed by atoms with Crippen LogP contribution in [0.4, 0.5) is 0 Å². The molecule has 7 atom stereocenters. The maximum absolute atomic E-state index is 13.5. The van der Waals surface area contributed by atoms with Gasteiger partial charge >= 0.3 is 5.97 Å². The lowest BCUT2D eigenvalue weighted by Crippen LogP contribution is -2.66. The summed E-state index contributed by atoms with van der Waals surface area (Å²) in [5, 5.41) is 9.53. The Morgan fingerprint density at radius 1 is 1.17 bits per heavy atom. The summed E-state index contributed by atoms with van der Waals surface area (Å²) in [7, 11) is 3.77. The molecule has 0 aromatic heterocycles. The normalized spacial score (nSPS) is 45.1. The zero-order valence-corrected chi connectivity index (χ0v) is 18.3. The Hall–Kier alpha value is -1.65. The Labute approximate surface area is 178 Å². The molecule has 1 saturated heterocycles. The zero-order chi connectivity index (χ0) is 21.4. The first-order chi connectivity index (χ1) is 14.2. The van der Waals surface area contributed by atoms with Gasteiger partial charge in [0.25, 0.3) is 0 Å². The molecular weight excluding hydrogens is 380 g/mol. The van der Waals surface area contributed by atoms with Crippen molar-refractivity contribution in [1.29, 1.82) is 5.26 Å². The summed E-state index contributed by atoms with van der Waals surface area (Å²) in [4.78, 5) is 30.0. The van der Waals surface area contributed by atoms with Gasteiger partial charge in [-0.15, -0.1) is 0 Å². The number of carbonyl (C=O) groups is 2. The maximum atomic E-state index is 13.5. The van der Waals surface area contributed by atoms with Crippen molar-refractivity contribution >= 4 is 11.9 Å². The molecule has 4 bridgehead atoms. The number of rotatable bonds is 5. The second kappa shape index (κ2) is 6.67. The average Bonchev–Trinajstić information content (AvgIpc) is 3.34. The smallest absolute Gasteiger partial charge is 0.323 e. The Kier molecular flexibility index (Phi) is 4.51. The van der Waals surface area contributed by atoms with E-state index in [1.54, 1.807) is 4.90 Å². The minimum absolute atomic E-state index is 0.0448. The van der Waals surface area contributed by atoms with Crippen molar-refractivity contribution in [2.45, 2.75) is 88.1 Å². The first-order valence-corrected chi connectivity index (χ1v) is 11.5. The van der Waals surface area contributed by atoms with E-state index in [0.29, 0.717) is 24.2 Å². The minimum Gasteiger partial charge on any atom is -0.458 e. The van der Waals surface area contributed by atoms with Crippen LogP contribution in [0, 0.1) is 34.5 Å². The van der Waals surface area contributed by atoms with Gasteiger partial charge in [0, 0.05) is 6.04 Å². The van der Waals surface area contributed by atoms with Crippen molar-refractivity contribution in [1.82, 2.24) is 9.80 Å². The van der Waals surface area contributed by atoms with Gasteiger partial charge in [-0.2, -0.15) is 5.26 Å². The molecule has 1 heterocycles. The fourth-order valence-electron chi connectivity index (χ4n) is 7.55. The van der Waals surface area contributed by atoms with Gasteiger partial charge in [0.05, 0.1) is 12.1 Å². The van der Waals surface area contributed by atoms with Crippen molar-refractivity contribution in [2.75, 3.05) is 14.1 Å². The van der Waals surface area contributed by atoms with Crippen LogP contribution in [0.15, 0.2) is 0 Å². The third kappa shape index (κ3) is 2.98. The number of fused-ring (bicyclic) bond motifs is 1. The largest absolute Gasteiger partial charge is 0.458 e. The summed E-state index contributed by atoms with van der Waals surface area (Å²) in [6, 6.07) is 1.31. The molecule has 6 rings (SSSR count). The highest BCUT2D eigenvalue weighted by atomic mass is 16.6. The van der Waals surface area contributed by atoms with Crippen LogP contribution >= 0.6 is 0 Å². The number of amides is 1. The average molecular weight is 415 g/mol. The summed E-state index contributed by atoms with van der Waals surface area (Å²) in [6.07, 6.45) is 7.32. The van der Waals surface area contributed by atoms with E-state index in [1.165, 1.54) is 0 Å². The summed E-state index contributed by atoms with van der Waals surface area (Å²) in [5.41, 5.74) is 5.95. The highest BCUT2D eigenvalue weighted by Gasteiger charge is 2.64. The van der Waals surface area contributed by atoms with Crippen LogP contribution in [0.2, 0.25) is 0 Å². The molecule has 1 aliphatic heterocycles. The molecule has 2 unspecified atom stereocenters. The van der Waals surface area contributed by atoms with Gasteiger partial charge in [-0.3, -0.25) is 14.5 Å². The minimum atomic E-state index is -0.608. The second-order valence-electron chi connectivity index (χ2n) is 11.2. The van der Waals surface area contributed by atoms with Crippen molar-refractivity contribution < 1.29 is 14.3 Å². The molecule has 5 aliphatic carbocycles. The number of carbonyl (C=O) groups excluding carboxylic acids is 2. The number of piperidine rings is 1. The SMILES string of the molecule is C[C@@H](C(=O)OC12CC3CC(C1)CC([C@H](N)C(=O)N1[C@H](C#N)C[C@@H]4C[C@@H]41)(C3)C2)N(C)C. The number of hydrogen-bond acceptors (Lipinski definition) is 6. The van der Waals surface area contributed by atoms with Gasteiger partial charge < -0.3 is 15.4 Å². The zero-order valence-electron chi connectivity index (χ0n) is 18.3. The summed E-state index contributed by atoms with van der Waals surface area (Å²) in [5.74, 6) is 1.19. The van der Waals surface area contributed by atoms with Gasteiger partial charge in [0.1, 0.15) is 17.7 Å². The number of likely N-dealkylation sites (tertiary alicyclic amines) is 1. The van der Waals surface area contributed by atoms with Crippen molar-refractivity contribution in [2.24, 2.45) is 28.9 Å². The quantitative estimate of drug-likeness (QED) is 0.687. The van der Waals surface area contributed by atoms with Crippen LogP contribution in [0.5, 0.6) is 0 Å². The molecule has 7 nitrogen and oxygen atoms in total. The van der Waals surface area contributed by atoms with Crippen LogP contribution in [0.25, 0.3) is 0 Å². The molecule has 6 aliphatic rings. The van der Waals surface area contributed by atoms with E-state index < -0.39 is 11.6 Å². The molecule has 1 amide bonds. The van der Waals surface area contributed by atoms with Gasteiger partial charge in [-0.25, -0.2) is 0 Å². The summed E-state index contributed by atoms with van der Waals surface area (Å²) >= 11 is 0. The number of likely N-dealkylation sites (N-methyl/N-ethyl adjacent to an activating group) is 1. The molecular formula is C23H34N4O3. The van der Waals surface area contributed by atoms with Crippen LogP contribution in [0.3, 0.4) is 0 Å². The highest BCUT2D eigenvalue weighted by Crippen LogP contribution is 2.64. The van der Waals surface area contributed by atoms with Gasteiger partial charge in [-0.05, 0) is 95.6 Å². The van der Waals surface area contributed by atoms with E-state index in [4.69, 9.17) is 10.5 Å². The van der Waals surface area contributed by atoms with Crippen LogP contribution in [-0.2, 0) is 14.3 Å². The molecule has 0 spiro atoms. The van der Waals surface area contributed by atoms with Crippen LogP contribution < -0.4 is 5.73 Å². The Morgan fingerprint density at radius 2 is 1.83 bits per heavy atom. The number of nitrogens with zero attached hydrogens (tertiary/aromatic N) is 3. The third-order valence-electron chi connectivity index (χ3n) is 8.92. The fraction of sp³-hybridized carbons (Fsp3) is 0.870. The molecule has 2 N–H and O–H groups in total. The highest BCUT2D eigenvalue weighted by molar-refractivity contribution is 5.84. The third-order valence-corrected chi connectivity index (χ3v) is 8.92. The van der Waals surface area contributed by atoms with Gasteiger partial charge in [0.15, 0.2) is 0 Å². The number of nitrogens with two attached hydrogens (primary N) is 1. The van der Waals surface area contributed by atoms with Crippen LogP contribution in [-0.4, -0.2) is 65.5 Å². The van der Waals surface area contributed by atoms with Gasteiger partial charge in [-0.1, -0.05) is 0 Å². The first-order valence-electron chi connectivity index (χ1n) is 11.5. The Bertz CT molecular complexity index is 791. The number of hydrogen-bond donors (Lipinski definition) is 1.